The van der Waals surface area contributed by atoms with E-state index < -0.39 is 0 Å². The Kier molecular flexibility index (Phi) is 5.26. The van der Waals surface area contributed by atoms with E-state index in [2.05, 4.69) is 15.5 Å². The minimum atomic E-state index is -0.252. The number of ether oxygens (including phenoxy) is 1. The third-order valence-corrected chi connectivity index (χ3v) is 4.38. The Labute approximate surface area is 154 Å². The van der Waals surface area contributed by atoms with Crippen molar-refractivity contribution in [2.45, 2.75) is 6.54 Å². The lowest BCUT2D eigenvalue weighted by atomic mass is 10.1. The number of halogens is 2. The average molecular weight is 376 g/mol. The van der Waals surface area contributed by atoms with E-state index in [1.807, 2.05) is 30.3 Å². The highest BCUT2D eigenvalue weighted by Crippen LogP contribution is 2.23. The first kappa shape index (κ1) is 17.3. The van der Waals surface area contributed by atoms with Gasteiger partial charge in [-0.3, -0.25) is 9.89 Å². The van der Waals surface area contributed by atoms with Gasteiger partial charge >= 0.3 is 0 Å². The summed E-state index contributed by atoms with van der Waals surface area (Å²) in [7, 11) is 1.61. The van der Waals surface area contributed by atoms with Crippen LogP contribution in [0.25, 0.3) is 11.3 Å². The molecule has 128 valence electrons. The van der Waals surface area contributed by atoms with Crippen molar-refractivity contribution in [3.05, 3.63) is 69.8 Å². The van der Waals surface area contributed by atoms with Crippen molar-refractivity contribution >= 4 is 29.1 Å². The Morgan fingerprint density at radius 1 is 1.12 bits per heavy atom. The zero-order chi connectivity index (χ0) is 17.8. The van der Waals surface area contributed by atoms with Crippen molar-refractivity contribution < 1.29 is 9.53 Å². The fourth-order valence-electron chi connectivity index (χ4n) is 2.27. The maximum Gasteiger partial charge on any atom is 0.269 e. The zero-order valence-electron chi connectivity index (χ0n) is 13.3. The molecule has 7 heteroatoms. The van der Waals surface area contributed by atoms with Crippen LogP contribution in [0, 0.1) is 0 Å². The van der Waals surface area contributed by atoms with Crippen LogP contribution in [0.1, 0.15) is 16.1 Å². The Morgan fingerprint density at radius 2 is 1.88 bits per heavy atom. The highest BCUT2D eigenvalue weighted by molar-refractivity contribution is 6.42. The molecule has 1 heterocycles. The van der Waals surface area contributed by atoms with Gasteiger partial charge in [0, 0.05) is 12.1 Å². The Balaban J connectivity index is 1.66. The molecule has 1 amide bonds. The highest BCUT2D eigenvalue weighted by Gasteiger charge is 2.11. The van der Waals surface area contributed by atoms with E-state index in [0.29, 0.717) is 28.0 Å². The van der Waals surface area contributed by atoms with E-state index in [1.165, 1.54) is 0 Å². The van der Waals surface area contributed by atoms with E-state index >= 15 is 0 Å². The normalized spacial score (nSPS) is 10.5. The summed E-state index contributed by atoms with van der Waals surface area (Å²) in [6, 6.07) is 14.4. The Bertz CT molecular complexity index is 892. The Morgan fingerprint density at radius 3 is 2.56 bits per heavy atom. The smallest absolute Gasteiger partial charge is 0.269 e. The number of aromatic nitrogens is 2. The third-order valence-electron chi connectivity index (χ3n) is 3.65. The van der Waals surface area contributed by atoms with Crippen molar-refractivity contribution in [1.82, 2.24) is 15.5 Å². The summed E-state index contributed by atoms with van der Waals surface area (Å²) in [6.07, 6.45) is 0. The van der Waals surface area contributed by atoms with Crippen LogP contribution in [0.5, 0.6) is 5.75 Å². The number of nitrogens with zero attached hydrogens (tertiary/aromatic N) is 1. The first-order valence-corrected chi connectivity index (χ1v) is 8.24. The molecule has 5 nitrogen and oxygen atoms in total. The van der Waals surface area contributed by atoms with E-state index in [4.69, 9.17) is 27.9 Å². The summed E-state index contributed by atoms with van der Waals surface area (Å²) >= 11 is 11.8. The number of nitrogens with one attached hydrogen (secondary N) is 2. The van der Waals surface area contributed by atoms with E-state index in [9.17, 15) is 4.79 Å². The van der Waals surface area contributed by atoms with Gasteiger partial charge < -0.3 is 10.1 Å². The summed E-state index contributed by atoms with van der Waals surface area (Å²) < 4.78 is 5.13. The topological polar surface area (TPSA) is 67.0 Å². The average Bonchev–Trinajstić information content (AvgIpc) is 3.13. The van der Waals surface area contributed by atoms with Crippen LogP contribution in [0.3, 0.4) is 0 Å². The van der Waals surface area contributed by atoms with E-state index in [1.54, 1.807) is 25.3 Å². The molecule has 25 heavy (non-hydrogen) atoms. The molecule has 0 unspecified atom stereocenters. The third kappa shape index (κ3) is 4.13. The van der Waals surface area contributed by atoms with E-state index in [0.717, 1.165) is 16.9 Å². The van der Waals surface area contributed by atoms with Crippen LogP contribution in [0.4, 0.5) is 0 Å². The predicted octanol–water partition coefficient (Wildman–Crippen LogP) is 4.32. The molecule has 3 aromatic rings. The van der Waals surface area contributed by atoms with Crippen LogP contribution < -0.4 is 10.1 Å². The van der Waals surface area contributed by atoms with Gasteiger partial charge in [-0.05, 0) is 48.0 Å². The molecule has 0 aliphatic rings. The summed E-state index contributed by atoms with van der Waals surface area (Å²) in [5.74, 6) is 0.511. The quantitative estimate of drug-likeness (QED) is 0.697. The second kappa shape index (κ2) is 7.59. The molecule has 0 bridgehead atoms. The van der Waals surface area contributed by atoms with Gasteiger partial charge in [-0.25, -0.2) is 0 Å². The fourth-order valence-corrected chi connectivity index (χ4v) is 2.60. The second-order valence-corrected chi connectivity index (χ2v) is 6.14. The van der Waals surface area contributed by atoms with Crippen LogP contribution in [-0.2, 0) is 6.54 Å². The largest absolute Gasteiger partial charge is 0.497 e. The number of aromatic amines is 1. The number of benzene rings is 2. The number of amides is 1. The molecule has 1 aromatic heterocycles. The van der Waals surface area contributed by atoms with Crippen molar-refractivity contribution in [3.63, 3.8) is 0 Å². The minimum absolute atomic E-state index is 0.252. The lowest BCUT2D eigenvalue weighted by molar-refractivity contribution is 0.0946. The van der Waals surface area contributed by atoms with Crippen LogP contribution in [-0.4, -0.2) is 23.2 Å². The number of hydrogen-bond donors (Lipinski definition) is 2. The Hall–Kier alpha value is -2.50. The SMILES string of the molecule is COc1ccc(-c2cc(C(=O)NCc3ccc(Cl)c(Cl)c3)[nH]n2)cc1. The number of carbonyl (C=O) groups is 1. The van der Waals surface area contributed by atoms with Gasteiger partial charge in [0.2, 0.25) is 0 Å². The number of H-pyrrole nitrogens is 1. The first-order valence-electron chi connectivity index (χ1n) is 7.49. The lowest BCUT2D eigenvalue weighted by Gasteiger charge is -2.05. The van der Waals surface area contributed by atoms with Crippen LogP contribution >= 0.6 is 23.2 Å². The lowest BCUT2D eigenvalue weighted by Crippen LogP contribution is -2.23. The monoisotopic (exact) mass is 375 g/mol. The molecule has 3 rings (SSSR count). The molecular formula is C18H15Cl2N3O2. The van der Waals surface area contributed by atoms with Gasteiger partial charge in [0.05, 0.1) is 22.8 Å². The molecule has 0 saturated carbocycles. The molecule has 0 spiro atoms. The molecule has 0 fully saturated rings. The number of carbonyl (C=O) groups excluding carboxylic acids is 1. The summed E-state index contributed by atoms with van der Waals surface area (Å²) in [5.41, 5.74) is 2.81. The maximum absolute atomic E-state index is 12.3. The number of hydrogen-bond acceptors (Lipinski definition) is 3. The zero-order valence-corrected chi connectivity index (χ0v) is 14.9. The number of rotatable bonds is 5. The molecule has 0 radical (unpaired) electrons. The molecule has 0 saturated heterocycles. The van der Waals surface area contributed by atoms with Gasteiger partial charge in [0.25, 0.3) is 5.91 Å². The molecular weight excluding hydrogens is 361 g/mol. The van der Waals surface area contributed by atoms with Crippen molar-refractivity contribution in [2.75, 3.05) is 7.11 Å². The van der Waals surface area contributed by atoms with Crippen molar-refractivity contribution in [3.8, 4) is 17.0 Å². The minimum Gasteiger partial charge on any atom is -0.497 e. The van der Waals surface area contributed by atoms with Crippen LogP contribution in [0.15, 0.2) is 48.5 Å². The summed E-state index contributed by atoms with van der Waals surface area (Å²) in [6.45, 7) is 0.340. The molecule has 0 atom stereocenters. The fraction of sp³-hybridized carbons (Fsp3) is 0.111. The van der Waals surface area contributed by atoms with Crippen LogP contribution in [0.2, 0.25) is 10.0 Å². The van der Waals surface area contributed by atoms with Gasteiger partial charge in [-0.1, -0.05) is 29.3 Å². The van der Waals surface area contributed by atoms with Gasteiger partial charge in [0.15, 0.2) is 0 Å². The first-order chi connectivity index (χ1) is 12.1. The summed E-state index contributed by atoms with van der Waals surface area (Å²) in [5, 5.41) is 10.7. The molecule has 2 aromatic carbocycles. The maximum atomic E-state index is 12.3. The predicted molar refractivity (Wildman–Crippen MR) is 98.2 cm³/mol. The van der Waals surface area contributed by atoms with Gasteiger partial charge in [0.1, 0.15) is 11.4 Å². The highest BCUT2D eigenvalue weighted by atomic mass is 35.5. The number of methoxy groups -OCH3 is 1. The van der Waals surface area contributed by atoms with Crippen molar-refractivity contribution in [2.24, 2.45) is 0 Å². The molecule has 0 aliphatic heterocycles. The van der Waals surface area contributed by atoms with Crippen molar-refractivity contribution in [1.29, 1.82) is 0 Å². The standard InChI is InChI=1S/C18H15Cl2N3O2/c1-25-13-5-3-12(4-6-13)16-9-17(23-22-16)18(24)21-10-11-2-7-14(19)15(20)8-11/h2-9H,10H2,1H3,(H,21,24)(H,22,23). The van der Waals surface area contributed by atoms with E-state index in [-0.39, 0.29) is 5.91 Å². The second-order valence-electron chi connectivity index (χ2n) is 5.33. The molecule has 0 aliphatic carbocycles. The van der Waals surface area contributed by atoms with Gasteiger partial charge in [-0.15, -0.1) is 0 Å². The summed E-state index contributed by atoms with van der Waals surface area (Å²) in [4.78, 5) is 12.3. The van der Waals surface area contributed by atoms with Gasteiger partial charge in [-0.2, -0.15) is 5.10 Å². The molecule has 2 N–H and O–H groups in total.